The molecule has 0 saturated heterocycles. The number of halogens is 1. The number of nitrogens with one attached hydrogen (secondary N) is 1. The van der Waals surface area contributed by atoms with Crippen LogP contribution in [0.2, 0.25) is 0 Å². The van der Waals surface area contributed by atoms with Gasteiger partial charge in [-0.15, -0.1) is 0 Å². The minimum Gasteiger partial charge on any atom is -0.354 e. The monoisotopic (exact) mass is 307 g/mol. The molecule has 0 unspecified atom stereocenters. The molecular formula is C14H18FN5S. The molecule has 0 saturated carbocycles. The molecule has 0 radical (unpaired) electrons. The lowest BCUT2D eigenvalue weighted by Gasteiger charge is -2.13. The maximum Gasteiger partial charge on any atom is 0.230 e. The van der Waals surface area contributed by atoms with Crippen LogP contribution in [-0.4, -0.2) is 35.6 Å². The van der Waals surface area contributed by atoms with Crippen LogP contribution in [0.1, 0.15) is 13.3 Å². The molecule has 0 aliphatic heterocycles. The molecule has 0 atom stereocenters. The maximum absolute atomic E-state index is 13.7. The molecule has 2 aromatic rings. The molecule has 7 heteroatoms. The minimum absolute atomic E-state index is 0.280. The van der Waals surface area contributed by atoms with E-state index >= 15 is 0 Å². The number of benzene rings is 1. The zero-order valence-electron chi connectivity index (χ0n) is 12.3. The van der Waals surface area contributed by atoms with Gasteiger partial charge >= 0.3 is 0 Å². The van der Waals surface area contributed by atoms with E-state index in [1.54, 1.807) is 23.1 Å². The van der Waals surface area contributed by atoms with Crippen LogP contribution in [0.3, 0.4) is 0 Å². The van der Waals surface area contributed by atoms with Crippen molar-refractivity contribution in [3.05, 3.63) is 30.1 Å². The van der Waals surface area contributed by atoms with E-state index in [1.807, 2.05) is 14.1 Å². The highest BCUT2D eigenvalue weighted by Gasteiger charge is 2.11. The summed E-state index contributed by atoms with van der Waals surface area (Å²) < 4.78 is 13.7. The van der Waals surface area contributed by atoms with E-state index in [0.29, 0.717) is 21.9 Å². The first-order chi connectivity index (χ1) is 10.1. The van der Waals surface area contributed by atoms with Crippen LogP contribution in [0.5, 0.6) is 0 Å². The Morgan fingerprint density at radius 2 is 1.95 bits per heavy atom. The number of aromatic nitrogens is 3. The van der Waals surface area contributed by atoms with Gasteiger partial charge in [0.1, 0.15) is 5.82 Å². The van der Waals surface area contributed by atoms with Crippen molar-refractivity contribution in [1.29, 1.82) is 0 Å². The van der Waals surface area contributed by atoms with Crippen molar-refractivity contribution in [3.8, 4) is 0 Å². The number of nitrogens with zero attached hydrogens (tertiary/aromatic N) is 4. The summed E-state index contributed by atoms with van der Waals surface area (Å²) in [6.07, 6.45) is 0.971. The van der Waals surface area contributed by atoms with Crippen molar-refractivity contribution in [2.24, 2.45) is 0 Å². The van der Waals surface area contributed by atoms with Gasteiger partial charge in [0, 0.05) is 20.6 Å². The summed E-state index contributed by atoms with van der Waals surface area (Å²) in [6.45, 7) is 2.84. The fourth-order valence-corrected chi connectivity index (χ4v) is 2.30. The molecule has 0 amide bonds. The Bertz CT molecular complexity index is 606. The van der Waals surface area contributed by atoms with Crippen molar-refractivity contribution in [2.75, 3.05) is 30.9 Å². The average molecular weight is 307 g/mol. The van der Waals surface area contributed by atoms with Gasteiger partial charge in [0.05, 0.1) is 4.90 Å². The number of hydrogen-bond donors (Lipinski definition) is 1. The van der Waals surface area contributed by atoms with E-state index in [2.05, 4.69) is 27.2 Å². The van der Waals surface area contributed by atoms with Crippen LogP contribution in [0, 0.1) is 5.82 Å². The smallest absolute Gasteiger partial charge is 0.230 e. The van der Waals surface area contributed by atoms with Crippen molar-refractivity contribution in [2.45, 2.75) is 23.4 Å². The van der Waals surface area contributed by atoms with Crippen LogP contribution in [0.4, 0.5) is 16.3 Å². The average Bonchev–Trinajstić information content (AvgIpc) is 2.47. The van der Waals surface area contributed by atoms with Crippen LogP contribution in [0.15, 0.2) is 34.3 Å². The number of rotatable bonds is 6. The van der Waals surface area contributed by atoms with Gasteiger partial charge in [-0.1, -0.05) is 19.1 Å². The van der Waals surface area contributed by atoms with Gasteiger partial charge in [-0.05, 0) is 30.3 Å². The summed E-state index contributed by atoms with van der Waals surface area (Å²) in [5.74, 6) is 0.772. The van der Waals surface area contributed by atoms with Crippen LogP contribution in [0.25, 0.3) is 0 Å². The predicted molar refractivity (Wildman–Crippen MR) is 83.5 cm³/mol. The Hall–Kier alpha value is -1.89. The Kier molecular flexibility index (Phi) is 5.32. The van der Waals surface area contributed by atoms with E-state index in [-0.39, 0.29) is 5.82 Å². The third-order valence-corrected chi connectivity index (χ3v) is 3.49. The Morgan fingerprint density at radius 3 is 2.62 bits per heavy atom. The first-order valence-electron chi connectivity index (χ1n) is 6.69. The molecule has 0 aliphatic carbocycles. The lowest BCUT2D eigenvalue weighted by atomic mass is 10.4. The van der Waals surface area contributed by atoms with Crippen LogP contribution >= 0.6 is 11.8 Å². The Balaban J connectivity index is 2.29. The van der Waals surface area contributed by atoms with Crippen LogP contribution < -0.4 is 10.2 Å². The van der Waals surface area contributed by atoms with Gasteiger partial charge in [0.15, 0.2) is 5.16 Å². The standard InChI is InChI=1S/C14H18FN5S/c1-4-9-16-12-17-13(20(2)3)19-14(18-12)21-11-8-6-5-7-10(11)15/h5-8H,4,9H2,1-3H3,(H,16,17,18,19). The highest BCUT2D eigenvalue weighted by molar-refractivity contribution is 7.99. The van der Waals surface area contributed by atoms with Crippen molar-refractivity contribution >= 4 is 23.7 Å². The molecule has 2 rings (SSSR count). The Morgan fingerprint density at radius 1 is 1.19 bits per heavy atom. The summed E-state index contributed by atoms with van der Waals surface area (Å²) in [7, 11) is 3.72. The van der Waals surface area contributed by atoms with E-state index < -0.39 is 0 Å². The lowest BCUT2D eigenvalue weighted by molar-refractivity contribution is 0.601. The molecule has 5 nitrogen and oxygen atoms in total. The molecule has 0 bridgehead atoms. The van der Waals surface area contributed by atoms with Gasteiger partial charge in [0.25, 0.3) is 0 Å². The molecule has 1 aromatic heterocycles. The predicted octanol–water partition coefficient (Wildman–Crippen LogP) is 3.05. The zero-order valence-corrected chi connectivity index (χ0v) is 13.1. The lowest BCUT2D eigenvalue weighted by Crippen LogP contribution is -2.16. The highest BCUT2D eigenvalue weighted by Crippen LogP contribution is 2.28. The van der Waals surface area contributed by atoms with E-state index in [4.69, 9.17) is 0 Å². The molecule has 0 aliphatic rings. The van der Waals surface area contributed by atoms with Crippen molar-refractivity contribution < 1.29 is 4.39 Å². The molecular weight excluding hydrogens is 289 g/mol. The molecule has 21 heavy (non-hydrogen) atoms. The zero-order chi connectivity index (χ0) is 15.2. The number of anilines is 2. The largest absolute Gasteiger partial charge is 0.354 e. The third-order valence-electron chi connectivity index (χ3n) is 2.57. The first-order valence-corrected chi connectivity index (χ1v) is 7.51. The van der Waals surface area contributed by atoms with Crippen LogP contribution in [-0.2, 0) is 0 Å². The minimum atomic E-state index is -0.280. The normalized spacial score (nSPS) is 10.5. The van der Waals surface area contributed by atoms with Gasteiger partial charge in [-0.25, -0.2) is 4.39 Å². The molecule has 1 heterocycles. The molecule has 0 fully saturated rings. The van der Waals surface area contributed by atoms with Crippen molar-refractivity contribution in [1.82, 2.24) is 15.0 Å². The summed E-state index contributed by atoms with van der Waals surface area (Å²) in [4.78, 5) is 15.3. The number of hydrogen-bond acceptors (Lipinski definition) is 6. The topological polar surface area (TPSA) is 53.9 Å². The fourth-order valence-electron chi connectivity index (χ4n) is 1.53. The second-order valence-electron chi connectivity index (χ2n) is 4.60. The van der Waals surface area contributed by atoms with Gasteiger partial charge in [-0.3, -0.25) is 0 Å². The summed E-state index contributed by atoms with van der Waals surface area (Å²) >= 11 is 1.19. The maximum atomic E-state index is 13.7. The third kappa shape index (κ3) is 4.29. The molecule has 0 spiro atoms. The van der Waals surface area contributed by atoms with E-state index in [1.165, 1.54) is 17.8 Å². The molecule has 112 valence electrons. The second kappa shape index (κ2) is 7.21. The van der Waals surface area contributed by atoms with Gasteiger partial charge in [0.2, 0.25) is 11.9 Å². The second-order valence-corrected chi connectivity index (χ2v) is 5.60. The van der Waals surface area contributed by atoms with Gasteiger partial charge in [-0.2, -0.15) is 15.0 Å². The summed E-state index contributed by atoms with van der Waals surface area (Å²) in [6, 6.07) is 6.58. The SMILES string of the molecule is CCCNc1nc(Sc2ccccc2F)nc(N(C)C)n1. The molecule has 1 N–H and O–H groups in total. The van der Waals surface area contributed by atoms with Crippen molar-refractivity contribution in [3.63, 3.8) is 0 Å². The summed E-state index contributed by atoms with van der Waals surface area (Å²) in [5, 5.41) is 3.60. The Labute approximate surface area is 128 Å². The van der Waals surface area contributed by atoms with Gasteiger partial charge < -0.3 is 10.2 Å². The summed E-state index contributed by atoms with van der Waals surface area (Å²) in [5.41, 5.74) is 0. The molecule has 1 aromatic carbocycles. The fraction of sp³-hybridized carbons (Fsp3) is 0.357. The first kappa shape index (κ1) is 15.5. The van der Waals surface area contributed by atoms with E-state index in [9.17, 15) is 4.39 Å². The highest BCUT2D eigenvalue weighted by atomic mass is 32.2. The quantitative estimate of drug-likeness (QED) is 0.885. The van der Waals surface area contributed by atoms with E-state index in [0.717, 1.165) is 13.0 Å².